The summed E-state index contributed by atoms with van der Waals surface area (Å²) in [6.07, 6.45) is 0.233. The monoisotopic (exact) mass is 216 g/mol. The first kappa shape index (κ1) is 13.6. The van der Waals surface area contributed by atoms with Gasteiger partial charge in [-0.15, -0.1) is 0 Å². The Morgan fingerprint density at radius 3 is 1.93 bits per heavy atom. The number of hydrogen-bond acceptors (Lipinski definition) is 5. The molecule has 0 amide bonds. The van der Waals surface area contributed by atoms with Gasteiger partial charge < -0.3 is 9.47 Å². The van der Waals surface area contributed by atoms with Gasteiger partial charge in [-0.25, -0.2) is 4.79 Å². The molecule has 0 fully saturated rings. The number of ether oxygens (including phenoxy) is 2. The maximum absolute atomic E-state index is 11.4. The van der Waals surface area contributed by atoms with Gasteiger partial charge in [-0.3, -0.25) is 9.59 Å². The van der Waals surface area contributed by atoms with Crippen molar-refractivity contribution >= 4 is 17.7 Å². The third-order valence-corrected chi connectivity index (χ3v) is 1.77. The first-order chi connectivity index (χ1) is 7.08. The maximum atomic E-state index is 11.4. The van der Waals surface area contributed by atoms with Crippen molar-refractivity contribution in [3.8, 4) is 0 Å². The van der Waals surface area contributed by atoms with Gasteiger partial charge in [0.1, 0.15) is 5.92 Å². The Kier molecular flexibility index (Phi) is 6.33. The van der Waals surface area contributed by atoms with E-state index in [1.807, 2.05) is 0 Å². The predicted molar refractivity (Wildman–Crippen MR) is 52.1 cm³/mol. The number of ketones is 1. The lowest BCUT2D eigenvalue weighted by molar-refractivity contribution is -0.162. The molecule has 0 heterocycles. The summed E-state index contributed by atoms with van der Waals surface area (Å²) >= 11 is 0. The van der Waals surface area contributed by atoms with Crippen molar-refractivity contribution in [3.05, 3.63) is 0 Å². The van der Waals surface area contributed by atoms with Crippen molar-refractivity contribution in [2.45, 2.75) is 27.2 Å². The summed E-state index contributed by atoms with van der Waals surface area (Å²) in [4.78, 5) is 33.8. The molecule has 0 aliphatic heterocycles. The Morgan fingerprint density at radius 1 is 1.00 bits per heavy atom. The van der Waals surface area contributed by atoms with Crippen LogP contribution in [0.15, 0.2) is 0 Å². The molecule has 0 spiro atoms. The normalized spacial score (nSPS) is 11.7. The van der Waals surface area contributed by atoms with E-state index in [4.69, 9.17) is 0 Å². The SMILES string of the molecule is CCOC(=O)C(=O)[C@H](CC)C(=O)OCC. The summed E-state index contributed by atoms with van der Waals surface area (Å²) in [5.74, 6) is -3.52. The summed E-state index contributed by atoms with van der Waals surface area (Å²) in [6, 6.07) is 0. The van der Waals surface area contributed by atoms with Gasteiger partial charge in [-0.1, -0.05) is 6.92 Å². The molecular weight excluding hydrogens is 200 g/mol. The van der Waals surface area contributed by atoms with E-state index >= 15 is 0 Å². The Bertz CT molecular complexity index is 246. The summed E-state index contributed by atoms with van der Waals surface area (Å²) in [6.45, 7) is 5.17. The lowest BCUT2D eigenvalue weighted by Gasteiger charge is -2.10. The summed E-state index contributed by atoms with van der Waals surface area (Å²) < 4.78 is 9.20. The molecule has 5 heteroatoms. The van der Waals surface area contributed by atoms with Gasteiger partial charge in [0.25, 0.3) is 5.78 Å². The van der Waals surface area contributed by atoms with Crippen LogP contribution in [0.1, 0.15) is 27.2 Å². The van der Waals surface area contributed by atoms with Crippen molar-refractivity contribution in [2.24, 2.45) is 5.92 Å². The molecule has 0 aromatic rings. The second-order valence-corrected chi connectivity index (χ2v) is 2.80. The molecule has 0 aliphatic carbocycles. The van der Waals surface area contributed by atoms with Crippen LogP contribution in [0, 0.1) is 5.92 Å². The van der Waals surface area contributed by atoms with Crippen LogP contribution in [0.25, 0.3) is 0 Å². The van der Waals surface area contributed by atoms with Crippen LogP contribution in [0.5, 0.6) is 0 Å². The van der Waals surface area contributed by atoms with E-state index in [1.54, 1.807) is 20.8 Å². The molecule has 0 N–H and O–H groups in total. The van der Waals surface area contributed by atoms with Crippen LogP contribution in [-0.4, -0.2) is 30.9 Å². The lowest BCUT2D eigenvalue weighted by Crippen LogP contribution is -2.32. The minimum atomic E-state index is -1.04. The van der Waals surface area contributed by atoms with Gasteiger partial charge in [0.15, 0.2) is 0 Å². The van der Waals surface area contributed by atoms with Crippen molar-refractivity contribution < 1.29 is 23.9 Å². The van der Waals surface area contributed by atoms with Crippen molar-refractivity contribution in [2.75, 3.05) is 13.2 Å². The highest BCUT2D eigenvalue weighted by Crippen LogP contribution is 2.08. The number of esters is 2. The van der Waals surface area contributed by atoms with Crippen molar-refractivity contribution in [1.29, 1.82) is 0 Å². The summed E-state index contributed by atoms with van der Waals surface area (Å²) in [5.41, 5.74) is 0. The van der Waals surface area contributed by atoms with E-state index in [0.717, 1.165) is 0 Å². The third-order valence-electron chi connectivity index (χ3n) is 1.77. The van der Waals surface area contributed by atoms with Gasteiger partial charge in [0.05, 0.1) is 13.2 Å². The second-order valence-electron chi connectivity index (χ2n) is 2.80. The molecule has 0 aromatic heterocycles. The van der Waals surface area contributed by atoms with Crippen molar-refractivity contribution in [1.82, 2.24) is 0 Å². The zero-order chi connectivity index (χ0) is 11.8. The minimum absolute atomic E-state index is 0.115. The van der Waals surface area contributed by atoms with E-state index < -0.39 is 23.6 Å². The number of carbonyl (C=O) groups excluding carboxylic acids is 3. The molecule has 0 unspecified atom stereocenters. The lowest BCUT2D eigenvalue weighted by atomic mass is 10.0. The highest BCUT2D eigenvalue weighted by Gasteiger charge is 2.32. The molecule has 0 bridgehead atoms. The Hall–Kier alpha value is -1.39. The van der Waals surface area contributed by atoms with E-state index in [0.29, 0.717) is 0 Å². The molecule has 5 nitrogen and oxygen atoms in total. The van der Waals surface area contributed by atoms with Crippen molar-refractivity contribution in [3.63, 3.8) is 0 Å². The number of hydrogen-bond donors (Lipinski definition) is 0. The zero-order valence-electron chi connectivity index (χ0n) is 9.24. The molecule has 0 aromatic carbocycles. The van der Waals surface area contributed by atoms with E-state index in [9.17, 15) is 14.4 Å². The highest BCUT2D eigenvalue weighted by atomic mass is 16.5. The fourth-order valence-corrected chi connectivity index (χ4v) is 1.05. The Labute approximate surface area is 88.7 Å². The van der Waals surface area contributed by atoms with Crippen LogP contribution in [0.3, 0.4) is 0 Å². The summed E-state index contributed by atoms with van der Waals surface area (Å²) in [5, 5.41) is 0. The summed E-state index contributed by atoms with van der Waals surface area (Å²) in [7, 11) is 0. The molecule has 0 saturated carbocycles. The van der Waals surface area contributed by atoms with Crippen LogP contribution in [0.4, 0.5) is 0 Å². The average molecular weight is 216 g/mol. The first-order valence-corrected chi connectivity index (χ1v) is 4.95. The molecule has 1 atom stereocenters. The van der Waals surface area contributed by atoms with Gasteiger partial charge >= 0.3 is 11.9 Å². The third kappa shape index (κ3) is 4.10. The Morgan fingerprint density at radius 2 is 1.53 bits per heavy atom. The number of carbonyl (C=O) groups is 3. The largest absolute Gasteiger partial charge is 0.465 e. The van der Waals surface area contributed by atoms with Gasteiger partial charge in [-0.05, 0) is 20.3 Å². The molecule has 15 heavy (non-hydrogen) atoms. The molecule has 0 aliphatic rings. The van der Waals surface area contributed by atoms with Crippen LogP contribution < -0.4 is 0 Å². The number of Topliss-reactive ketones (excluding diaryl/α,β-unsaturated/α-hetero) is 1. The quantitative estimate of drug-likeness (QED) is 0.371. The zero-order valence-corrected chi connectivity index (χ0v) is 9.24. The van der Waals surface area contributed by atoms with Gasteiger partial charge in [0.2, 0.25) is 0 Å². The maximum Gasteiger partial charge on any atom is 0.375 e. The predicted octanol–water partition coefficient (Wildman–Crippen LogP) is 0.708. The number of rotatable bonds is 6. The van der Waals surface area contributed by atoms with Crippen LogP contribution in [-0.2, 0) is 23.9 Å². The highest BCUT2D eigenvalue weighted by molar-refractivity contribution is 6.37. The van der Waals surface area contributed by atoms with Gasteiger partial charge in [-0.2, -0.15) is 0 Å². The topological polar surface area (TPSA) is 69.7 Å². The molecule has 0 rings (SSSR count). The van der Waals surface area contributed by atoms with E-state index in [2.05, 4.69) is 9.47 Å². The van der Waals surface area contributed by atoms with E-state index in [1.165, 1.54) is 0 Å². The Balaban J connectivity index is 4.46. The fraction of sp³-hybridized carbons (Fsp3) is 0.700. The average Bonchev–Trinajstić information content (AvgIpc) is 2.19. The van der Waals surface area contributed by atoms with Crippen LogP contribution in [0.2, 0.25) is 0 Å². The van der Waals surface area contributed by atoms with Gasteiger partial charge in [0, 0.05) is 0 Å². The molecular formula is C10H16O5. The molecule has 0 saturated heterocycles. The van der Waals surface area contributed by atoms with E-state index in [-0.39, 0.29) is 19.6 Å². The smallest absolute Gasteiger partial charge is 0.375 e. The minimum Gasteiger partial charge on any atom is -0.465 e. The molecule has 86 valence electrons. The van der Waals surface area contributed by atoms with Crippen LogP contribution >= 0.6 is 0 Å². The second kappa shape index (κ2) is 6.98. The fourth-order valence-electron chi connectivity index (χ4n) is 1.05. The molecule has 0 radical (unpaired) electrons. The first-order valence-electron chi connectivity index (χ1n) is 4.95. The standard InChI is InChI=1S/C10H16O5/c1-4-7(9(12)14-5-2)8(11)10(13)15-6-3/h7H,4-6H2,1-3H3/t7-/m0/s1.